The molecule has 0 bridgehead atoms. The van der Waals surface area contributed by atoms with Crippen molar-refractivity contribution in [3.63, 3.8) is 0 Å². The average Bonchev–Trinajstić information content (AvgIpc) is 2.36. The highest BCUT2D eigenvalue weighted by Gasteiger charge is 2.05. The summed E-state index contributed by atoms with van der Waals surface area (Å²) in [6.45, 7) is 5.46. The quantitative estimate of drug-likeness (QED) is 0.784. The molecule has 0 heterocycles. The number of rotatable bonds is 6. The van der Waals surface area contributed by atoms with E-state index in [0.717, 1.165) is 23.9 Å². The van der Waals surface area contributed by atoms with Crippen LogP contribution in [0.2, 0.25) is 0 Å². The fourth-order valence-electron chi connectivity index (χ4n) is 1.71. The first kappa shape index (κ1) is 14.3. The third kappa shape index (κ3) is 4.62. The van der Waals surface area contributed by atoms with Gasteiger partial charge in [-0.25, -0.2) is 4.79 Å². The summed E-state index contributed by atoms with van der Waals surface area (Å²) in [7, 11) is 2.08. The SMILES string of the molecule is CCC(C)CN(C)c1ccc(/C=C/C(=O)O)cc1. The fourth-order valence-corrected chi connectivity index (χ4v) is 1.71. The summed E-state index contributed by atoms with van der Waals surface area (Å²) in [5.74, 6) is -0.255. The normalized spacial score (nSPS) is 12.6. The van der Waals surface area contributed by atoms with Gasteiger partial charge in [-0.15, -0.1) is 0 Å². The first-order valence-electron chi connectivity index (χ1n) is 6.25. The van der Waals surface area contributed by atoms with Crippen LogP contribution in [-0.4, -0.2) is 24.7 Å². The van der Waals surface area contributed by atoms with Crippen LogP contribution in [0.25, 0.3) is 6.08 Å². The number of hydrogen-bond acceptors (Lipinski definition) is 2. The molecule has 0 aliphatic rings. The third-order valence-corrected chi connectivity index (χ3v) is 3.03. The average molecular weight is 247 g/mol. The van der Waals surface area contributed by atoms with Gasteiger partial charge in [0.1, 0.15) is 0 Å². The summed E-state index contributed by atoms with van der Waals surface area (Å²) in [6.07, 6.45) is 3.92. The molecule has 98 valence electrons. The Morgan fingerprint density at radius 2 is 2.00 bits per heavy atom. The van der Waals surface area contributed by atoms with Gasteiger partial charge < -0.3 is 10.0 Å². The largest absolute Gasteiger partial charge is 0.478 e. The molecule has 0 aromatic heterocycles. The molecule has 0 amide bonds. The standard InChI is InChI=1S/C15H21NO2/c1-4-12(2)11-16(3)14-8-5-13(6-9-14)7-10-15(17)18/h5-10,12H,4,11H2,1-3H3,(H,17,18)/b10-7+. The Hall–Kier alpha value is -1.77. The Bertz CT molecular complexity index is 409. The van der Waals surface area contributed by atoms with Gasteiger partial charge in [0, 0.05) is 25.4 Å². The van der Waals surface area contributed by atoms with Gasteiger partial charge in [-0.05, 0) is 29.7 Å². The second-order valence-corrected chi connectivity index (χ2v) is 4.66. The lowest BCUT2D eigenvalue weighted by atomic mass is 10.1. The zero-order valence-electron chi connectivity index (χ0n) is 11.3. The van der Waals surface area contributed by atoms with Crippen molar-refractivity contribution in [3.8, 4) is 0 Å². The van der Waals surface area contributed by atoms with Crippen molar-refractivity contribution in [3.05, 3.63) is 35.9 Å². The minimum absolute atomic E-state index is 0.668. The first-order valence-corrected chi connectivity index (χ1v) is 6.25. The van der Waals surface area contributed by atoms with Gasteiger partial charge in [0.25, 0.3) is 0 Å². The van der Waals surface area contributed by atoms with E-state index in [0.29, 0.717) is 5.92 Å². The number of carboxylic acids is 1. The lowest BCUT2D eigenvalue weighted by Gasteiger charge is -2.22. The number of benzene rings is 1. The monoisotopic (exact) mass is 247 g/mol. The van der Waals surface area contributed by atoms with Crippen molar-refractivity contribution in [1.29, 1.82) is 0 Å². The molecule has 1 unspecified atom stereocenters. The highest BCUT2D eigenvalue weighted by Crippen LogP contribution is 2.16. The molecule has 3 nitrogen and oxygen atoms in total. The van der Waals surface area contributed by atoms with E-state index >= 15 is 0 Å². The van der Waals surface area contributed by atoms with Crippen molar-refractivity contribution in [2.75, 3.05) is 18.5 Å². The lowest BCUT2D eigenvalue weighted by molar-refractivity contribution is -0.131. The predicted molar refractivity (Wildman–Crippen MR) is 75.8 cm³/mol. The number of hydrogen-bond donors (Lipinski definition) is 1. The van der Waals surface area contributed by atoms with Gasteiger partial charge in [0.2, 0.25) is 0 Å². The second-order valence-electron chi connectivity index (χ2n) is 4.66. The number of carboxylic acid groups (broad SMARTS) is 1. The highest BCUT2D eigenvalue weighted by atomic mass is 16.4. The molecule has 0 spiro atoms. The third-order valence-electron chi connectivity index (χ3n) is 3.03. The number of carbonyl (C=O) groups is 1. The summed E-state index contributed by atoms with van der Waals surface area (Å²) >= 11 is 0. The van der Waals surface area contributed by atoms with Crippen molar-refractivity contribution >= 4 is 17.7 Å². The van der Waals surface area contributed by atoms with Gasteiger partial charge in [0.15, 0.2) is 0 Å². The molecule has 0 saturated carbocycles. The molecule has 1 aromatic rings. The van der Waals surface area contributed by atoms with Crippen molar-refractivity contribution in [2.24, 2.45) is 5.92 Å². The maximum atomic E-state index is 10.4. The second kappa shape index (κ2) is 6.84. The summed E-state index contributed by atoms with van der Waals surface area (Å²) in [5, 5.41) is 8.55. The summed E-state index contributed by atoms with van der Waals surface area (Å²) in [5.41, 5.74) is 2.06. The van der Waals surface area contributed by atoms with Gasteiger partial charge >= 0.3 is 5.97 Å². The predicted octanol–water partition coefficient (Wildman–Crippen LogP) is 3.27. The zero-order valence-corrected chi connectivity index (χ0v) is 11.3. The Balaban J connectivity index is 2.67. The molecule has 0 aliphatic carbocycles. The molecule has 0 aliphatic heterocycles. The van der Waals surface area contributed by atoms with Crippen LogP contribution in [0.3, 0.4) is 0 Å². The molecule has 1 N–H and O–H groups in total. The van der Waals surface area contributed by atoms with Crippen LogP contribution in [0.4, 0.5) is 5.69 Å². The van der Waals surface area contributed by atoms with E-state index in [4.69, 9.17) is 5.11 Å². The van der Waals surface area contributed by atoms with E-state index in [1.807, 2.05) is 24.3 Å². The maximum Gasteiger partial charge on any atom is 0.328 e. The highest BCUT2D eigenvalue weighted by molar-refractivity contribution is 5.85. The van der Waals surface area contributed by atoms with E-state index in [9.17, 15) is 4.79 Å². The lowest BCUT2D eigenvalue weighted by Crippen LogP contribution is -2.23. The molecular formula is C15H21NO2. The van der Waals surface area contributed by atoms with E-state index in [1.54, 1.807) is 6.08 Å². The van der Waals surface area contributed by atoms with Crippen LogP contribution in [0.1, 0.15) is 25.8 Å². The number of nitrogens with zero attached hydrogens (tertiary/aromatic N) is 1. The van der Waals surface area contributed by atoms with Gasteiger partial charge in [-0.1, -0.05) is 32.4 Å². The number of aliphatic carboxylic acids is 1. The van der Waals surface area contributed by atoms with Gasteiger partial charge in [0.05, 0.1) is 0 Å². The first-order chi connectivity index (χ1) is 8.52. The van der Waals surface area contributed by atoms with Crippen molar-refractivity contribution in [2.45, 2.75) is 20.3 Å². The van der Waals surface area contributed by atoms with Crippen molar-refractivity contribution < 1.29 is 9.90 Å². The Labute approximate surface area is 109 Å². The maximum absolute atomic E-state index is 10.4. The van der Waals surface area contributed by atoms with Gasteiger partial charge in [-0.2, -0.15) is 0 Å². The Morgan fingerprint density at radius 1 is 1.39 bits per heavy atom. The molecule has 0 fully saturated rings. The topological polar surface area (TPSA) is 40.5 Å². The van der Waals surface area contributed by atoms with E-state index < -0.39 is 5.97 Å². The van der Waals surface area contributed by atoms with Gasteiger partial charge in [-0.3, -0.25) is 0 Å². The summed E-state index contributed by atoms with van der Waals surface area (Å²) in [4.78, 5) is 12.6. The van der Waals surface area contributed by atoms with Crippen molar-refractivity contribution in [1.82, 2.24) is 0 Å². The molecule has 1 atom stereocenters. The van der Waals surface area contributed by atoms with Crippen LogP contribution in [-0.2, 0) is 4.79 Å². The van der Waals surface area contributed by atoms with E-state index in [1.165, 1.54) is 6.42 Å². The van der Waals surface area contributed by atoms with Crippen LogP contribution in [0, 0.1) is 5.92 Å². The van der Waals surface area contributed by atoms with Crippen LogP contribution < -0.4 is 4.90 Å². The van der Waals surface area contributed by atoms with E-state index in [-0.39, 0.29) is 0 Å². The Kier molecular flexibility index (Phi) is 5.43. The minimum Gasteiger partial charge on any atom is -0.478 e. The molecule has 1 aromatic carbocycles. The van der Waals surface area contributed by atoms with E-state index in [2.05, 4.69) is 25.8 Å². The zero-order chi connectivity index (χ0) is 13.5. The Morgan fingerprint density at radius 3 is 2.50 bits per heavy atom. The minimum atomic E-state index is -0.923. The van der Waals surface area contributed by atoms with Crippen LogP contribution in [0.15, 0.2) is 30.3 Å². The molecular weight excluding hydrogens is 226 g/mol. The summed E-state index contributed by atoms with van der Waals surface area (Å²) in [6, 6.07) is 7.90. The molecule has 0 saturated heterocycles. The summed E-state index contributed by atoms with van der Waals surface area (Å²) < 4.78 is 0. The fraction of sp³-hybridized carbons (Fsp3) is 0.400. The van der Waals surface area contributed by atoms with Crippen LogP contribution in [0.5, 0.6) is 0 Å². The smallest absolute Gasteiger partial charge is 0.328 e. The molecule has 3 heteroatoms. The molecule has 1 rings (SSSR count). The number of anilines is 1. The molecule has 18 heavy (non-hydrogen) atoms. The molecule has 0 radical (unpaired) electrons. The van der Waals surface area contributed by atoms with Crippen LogP contribution >= 0.6 is 0 Å².